The zero-order valence-electron chi connectivity index (χ0n) is 7.29. The SMILES string of the molecule is C=CCC1=Cc2ccccc2ON1. The maximum atomic E-state index is 5.32. The van der Waals surface area contributed by atoms with Crippen LogP contribution in [0.25, 0.3) is 6.08 Å². The van der Waals surface area contributed by atoms with Crippen LogP contribution in [0, 0.1) is 0 Å². The average Bonchev–Trinajstić information content (AvgIpc) is 2.18. The van der Waals surface area contributed by atoms with Crippen LogP contribution in [0.2, 0.25) is 0 Å². The standard InChI is InChI=1S/C11H11NO/c1-2-5-10-8-9-6-3-4-7-11(9)13-12-10/h2-4,6-8,12H,1,5H2. The lowest BCUT2D eigenvalue weighted by Gasteiger charge is -2.17. The Hall–Kier alpha value is -1.70. The summed E-state index contributed by atoms with van der Waals surface area (Å²) in [6.07, 6.45) is 4.71. The zero-order chi connectivity index (χ0) is 9.10. The van der Waals surface area contributed by atoms with Gasteiger partial charge in [0.05, 0.1) is 5.70 Å². The molecule has 66 valence electrons. The molecule has 0 bridgehead atoms. The second-order valence-electron chi connectivity index (χ2n) is 2.90. The van der Waals surface area contributed by atoms with Gasteiger partial charge in [-0.1, -0.05) is 24.3 Å². The van der Waals surface area contributed by atoms with Crippen molar-refractivity contribution in [3.8, 4) is 5.75 Å². The molecule has 0 saturated heterocycles. The smallest absolute Gasteiger partial charge is 0.162 e. The van der Waals surface area contributed by atoms with E-state index in [4.69, 9.17) is 4.84 Å². The second kappa shape index (κ2) is 3.35. The summed E-state index contributed by atoms with van der Waals surface area (Å²) in [5.74, 6) is 0.871. The zero-order valence-corrected chi connectivity index (χ0v) is 7.29. The van der Waals surface area contributed by atoms with E-state index >= 15 is 0 Å². The van der Waals surface area contributed by atoms with E-state index in [0.29, 0.717) is 0 Å². The topological polar surface area (TPSA) is 21.3 Å². The molecule has 2 rings (SSSR count). The second-order valence-corrected chi connectivity index (χ2v) is 2.90. The molecule has 2 nitrogen and oxygen atoms in total. The number of fused-ring (bicyclic) bond motifs is 1. The molecule has 0 atom stereocenters. The minimum Gasteiger partial charge on any atom is -0.382 e. The number of hydrogen-bond acceptors (Lipinski definition) is 2. The molecule has 0 radical (unpaired) electrons. The molecule has 0 unspecified atom stereocenters. The number of benzene rings is 1. The molecule has 0 amide bonds. The molecule has 1 aliphatic heterocycles. The van der Waals surface area contributed by atoms with Crippen molar-refractivity contribution < 1.29 is 4.84 Å². The molecule has 13 heavy (non-hydrogen) atoms. The van der Waals surface area contributed by atoms with Crippen molar-refractivity contribution in [1.29, 1.82) is 0 Å². The van der Waals surface area contributed by atoms with Crippen LogP contribution in [-0.4, -0.2) is 0 Å². The monoisotopic (exact) mass is 173 g/mol. The van der Waals surface area contributed by atoms with Crippen molar-refractivity contribution in [2.24, 2.45) is 0 Å². The van der Waals surface area contributed by atoms with Crippen molar-refractivity contribution in [2.45, 2.75) is 6.42 Å². The molecule has 2 heteroatoms. The van der Waals surface area contributed by atoms with Gasteiger partial charge in [0.25, 0.3) is 0 Å². The number of hydrogen-bond donors (Lipinski definition) is 1. The molecule has 1 aliphatic rings. The van der Waals surface area contributed by atoms with Gasteiger partial charge in [0.2, 0.25) is 0 Å². The van der Waals surface area contributed by atoms with Gasteiger partial charge in [-0.2, -0.15) is 0 Å². The van der Waals surface area contributed by atoms with Gasteiger partial charge in [0, 0.05) is 12.0 Å². The summed E-state index contributed by atoms with van der Waals surface area (Å²) >= 11 is 0. The Morgan fingerprint density at radius 3 is 3.08 bits per heavy atom. The lowest BCUT2D eigenvalue weighted by atomic mass is 10.1. The van der Waals surface area contributed by atoms with Crippen LogP contribution < -0.4 is 10.3 Å². The Morgan fingerprint density at radius 2 is 2.23 bits per heavy atom. The first-order valence-electron chi connectivity index (χ1n) is 4.23. The fourth-order valence-electron chi connectivity index (χ4n) is 1.29. The molecule has 1 heterocycles. The van der Waals surface area contributed by atoms with Gasteiger partial charge in [-0.25, -0.2) is 5.48 Å². The predicted octanol–water partition coefficient (Wildman–Crippen LogP) is 2.50. The van der Waals surface area contributed by atoms with Gasteiger partial charge in [0.1, 0.15) is 0 Å². The summed E-state index contributed by atoms with van der Waals surface area (Å²) in [7, 11) is 0. The van der Waals surface area contributed by atoms with Crippen LogP contribution in [0.3, 0.4) is 0 Å². The summed E-state index contributed by atoms with van der Waals surface area (Å²) in [4.78, 5) is 5.32. The third kappa shape index (κ3) is 1.56. The third-order valence-electron chi connectivity index (χ3n) is 1.91. The molecule has 1 N–H and O–H groups in total. The van der Waals surface area contributed by atoms with Gasteiger partial charge >= 0.3 is 0 Å². The lowest BCUT2D eigenvalue weighted by molar-refractivity contribution is 0.223. The molecular formula is C11H11NO. The van der Waals surface area contributed by atoms with Crippen LogP contribution in [0.4, 0.5) is 0 Å². The van der Waals surface area contributed by atoms with Gasteiger partial charge in [0.15, 0.2) is 5.75 Å². The number of hydroxylamine groups is 1. The number of allylic oxidation sites excluding steroid dienone is 1. The molecule has 0 fully saturated rings. The molecule has 1 aromatic carbocycles. The van der Waals surface area contributed by atoms with Crippen molar-refractivity contribution >= 4 is 6.08 Å². The molecule has 0 saturated carbocycles. The van der Waals surface area contributed by atoms with E-state index in [2.05, 4.69) is 18.1 Å². The Kier molecular flexibility index (Phi) is 2.04. The van der Waals surface area contributed by atoms with Gasteiger partial charge < -0.3 is 4.84 Å². The molecule has 0 aromatic heterocycles. The van der Waals surface area contributed by atoms with Crippen molar-refractivity contribution in [3.05, 3.63) is 48.2 Å². The first-order valence-corrected chi connectivity index (χ1v) is 4.23. The van der Waals surface area contributed by atoms with Crippen molar-refractivity contribution in [3.63, 3.8) is 0 Å². The van der Waals surface area contributed by atoms with Crippen molar-refractivity contribution in [2.75, 3.05) is 0 Å². The molecular weight excluding hydrogens is 162 g/mol. The van der Waals surface area contributed by atoms with E-state index in [0.717, 1.165) is 23.4 Å². The largest absolute Gasteiger partial charge is 0.382 e. The van der Waals surface area contributed by atoms with E-state index in [9.17, 15) is 0 Å². The fraction of sp³-hybridized carbons (Fsp3) is 0.0909. The molecule has 0 spiro atoms. The van der Waals surface area contributed by atoms with E-state index in [1.165, 1.54) is 0 Å². The molecule has 1 aromatic rings. The van der Waals surface area contributed by atoms with Crippen LogP contribution in [-0.2, 0) is 0 Å². The summed E-state index contributed by atoms with van der Waals surface area (Å²) < 4.78 is 0. The first kappa shape index (κ1) is 7.92. The van der Waals surface area contributed by atoms with Gasteiger partial charge in [-0.15, -0.1) is 6.58 Å². The van der Waals surface area contributed by atoms with Crippen LogP contribution >= 0.6 is 0 Å². The highest BCUT2D eigenvalue weighted by Crippen LogP contribution is 2.24. The Balaban J connectivity index is 2.32. The fourth-order valence-corrected chi connectivity index (χ4v) is 1.29. The third-order valence-corrected chi connectivity index (χ3v) is 1.91. The minimum atomic E-state index is 0.800. The highest BCUT2D eigenvalue weighted by atomic mass is 16.6. The summed E-state index contributed by atoms with van der Waals surface area (Å²) in [5, 5.41) is 0. The number of nitrogens with one attached hydrogen (secondary N) is 1. The Labute approximate surface area is 77.5 Å². The van der Waals surface area contributed by atoms with Crippen molar-refractivity contribution in [1.82, 2.24) is 5.48 Å². The van der Waals surface area contributed by atoms with E-state index in [1.807, 2.05) is 30.3 Å². The highest BCUT2D eigenvalue weighted by Gasteiger charge is 2.08. The Morgan fingerprint density at radius 1 is 1.38 bits per heavy atom. The van der Waals surface area contributed by atoms with E-state index in [1.54, 1.807) is 0 Å². The summed E-state index contributed by atoms with van der Waals surface area (Å²) in [6, 6.07) is 7.91. The maximum Gasteiger partial charge on any atom is 0.162 e. The van der Waals surface area contributed by atoms with Crippen LogP contribution in [0.1, 0.15) is 12.0 Å². The maximum absolute atomic E-state index is 5.32. The molecule has 0 aliphatic carbocycles. The quantitative estimate of drug-likeness (QED) is 0.694. The Bertz CT molecular complexity index is 355. The van der Waals surface area contributed by atoms with E-state index < -0.39 is 0 Å². The van der Waals surface area contributed by atoms with Crippen LogP contribution in [0.15, 0.2) is 42.6 Å². The average molecular weight is 173 g/mol. The van der Waals surface area contributed by atoms with Crippen LogP contribution in [0.5, 0.6) is 5.75 Å². The predicted molar refractivity (Wildman–Crippen MR) is 53.0 cm³/mol. The normalized spacial score (nSPS) is 13.4. The number of para-hydroxylation sites is 1. The minimum absolute atomic E-state index is 0.800. The van der Waals surface area contributed by atoms with Gasteiger partial charge in [-0.3, -0.25) is 0 Å². The van der Waals surface area contributed by atoms with Gasteiger partial charge in [-0.05, 0) is 12.1 Å². The lowest BCUT2D eigenvalue weighted by Crippen LogP contribution is -2.20. The highest BCUT2D eigenvalue weighted by molar-refractivity contribution is 5.61. The number of rotatable bonds is 2. The summed E-state index contributed by atoms with van der Waals surface area (Å²) in [5.41, 5.74) is 5.01. The first-order chi connectivity index (χ1) is 6.40. The summed E-state index contributed by atoms with van der Waals surface area (Å²) in [6.45, 7) is 3.67. The van der Waals surface area contributed by atoms with E-state index in [-0.39, 0.29) is 0 Å².